The average molecular weight is 497 g/mol. The van der Waals surface area contributed by atoms with E-state index < -0.39 is 9.84 Å². The fraction of sp³-hybridized carbons (Fsp3) is 0.611. The van der Waals surface area contributed by atoms with Crippen molar-refractivity contribution in [3.8, 4) is 0 Å². The number of halogens is 1. The molecule has 0 aromatic heterocycles. The number of rotatable bonds is 10. The van der Waals surface area contributed by atoms with Crippen LogP contribution in [0.1, 0.15) is 25.8 Å². The van der Waals surface area contributed by atoms with Gasteiger partial charge in [-0.15, -0.1) is 24.0 Å². The molecule has 1 aromatic carbocycles. The molecule has 0 heterocycles. The highest BCUT2D eigenvalue weighted by atomic mass is 127. The fourth-order valence-corrected chi connectivity index (χ4v) is 2.78. The molecule has 0 saturated heterocycles. The van der Waals surface area contributed by atoms with Gasteiger partial charge in [0.2, 0.25) is 0 Å². The lowest BCUT2D eigenvalue weighted by molar-refractivity contribution is 0.108. The van der Waals surface area contributed by atoms with Crippen LogP contribution in [0.25, 0.3) is 0 Å². The van der Waals surface area contributed by atoms with Gasteiger partial charge < -0.3 is 15.4 Å². The van der Waals surface area contributed by atoms with E-state index in [0.717, 1.165) is 50.7 Å². The van der Waals surface area contributed by atoms with Crippen molar-refractivity contribution in [2.75, 3.05) is 39.6 Å². The van der Waals surface area contributed by atoms with E-state index in [4.69, 9.17) is 4.74 Å². The van der Waals surface area contributed by atoms with Gasteiger partial charge >= 0.3 is 0 Å². The molecular formula is C18H32IN3O3S. The number of nitrogens with one attached hydrogen (secondary N) is 2. The predicted molar refractivity (Wildman–Crippen MR) is 118 cm³/mol. The summed E-state index contributed by atoms with van der Waals surface area (Å²) >= 11 is 0. The van der Waals surface area contributed by atoms with Crippen molar-refractivity contribution in [2.45, 2.75) is 31.6 Å². The van der Waals surface area contributed by atoms with Crippen molar-refractivity contribution in [1.29, 1.82) is 0 Å². The minimum atomic E-state index is -3.13. The molecule has 0 spiro atoms. The summed E-state index contributed by atoms with van der Waals surface area (Å²) in [5, 5.41) is 6.50. The van der Waals surface area contributed by atoms with Gasteiger partial charge in [0.05, 0.1) is 4.90 Å². The zero-order valence-corrected chi connectivity index (χ0v) is 19.3. The van der Waals surface area contributed by atoms with E-state index in [9.17, 15) is 8.42 Å². The molecule has 0 atom stereocenters. The molecule has 2 N–H and O–H groups in total. The van der Waals surface area contributed by atoms with Crippen LogP contribution >= 0.6 is 24.0 Å². The summed E-state index contributed by atoms with van der Waals surface area (Å²) in [6.45, 7) is 7.35. The number of hydrogen-bond donors (Lipinski definition) is 2. The summed E-state index contributed by atoms with van der Waals surface area (Å²) in [5.74, 6) is 1.32. The standard InChI is InChI=1S/C18H31N3O3S.HI/c1-15(2)14-24-13-5-11-20-18(19-3)21-12-10-16-6-8-17(9-7-16)25(4,22)23;/h6-9,15H,5,10-14H2,1-4H3,(H2,19,20,21);1H. The van der Waals surface area contributed by atoms with Crippen LogP contribution in [0.2, 0.25) is 0 Å². The summed E-state index contributed by atoms with van der Waals surface area (Å²) in [4.78, 5) is 4.53. The first-order chi connectivity index (χ1) is 11.8. The van der Waals surface area contributed by atoms with Crippen LogP contribution in [0.15, 0.2) is 34.2 Å². The molecule has 0 radical (unpaired) electrons. The summed E-state index contributed by atoms with van der Waals surface area (Å²) < 4.78 is 28.4. The monoisotopic (exact) mass is 497 g/mol. The number of ether oxygens (including phenoxy) is 1. The maximum absolute atomic E-state index is 11.4. The molecule has 0 aliphatic carbocycles. The van der Waals surface area contributed by atoms with Crippen LogP contribution in [0.5, 0.6) is 0 Å². The summed E-state index contributed by atoms with van der Waals surface area (Å²) in [6.07, 6.45) is 2.94. The highest BCUT2D eigenvalue weighted by molar-refractivity contribution is 14.0. The smallest absolute Gasteiger partial charge is 0.190 e. The SMILES string of the molecule is CN=C(NCCCOCC(C)C)NCCc1ccc(S(C)(=O)=O)cc1.I. The Hall–Kier alpha value is -0.870. The highest BCUT2D eigenvalue weighted by Crippen LogP contribution is 2.10. The predicted octanol–water partition coefficient (Wildman–Crippen LogP) is 2.48. The van der Waals surface area contributed by atoms with Gasteiger partial charge in [0.15, 0.2) is 15.8 Å². The van der Waals surface area contributed by atoms with Gasteiger partial charge in [0, 0.05) is 39.6 Å². The first-order valence-electron chi connectivity index (χ1n) is 8.64. The number of benzene rings is 1. The number of guanidine groups is 1. The molecule has 1 aromatic rings. The largest absolute Gasteiger partial charge is 0.381 e. The molecule has 0 saturated carbocycles. The lowest BCUT2D eigenvalue weighted by Gasteiger charge is -2.12. The van der Waals surface area contributed by atoms with Crippen molar-refractivity contribution >= 4 is 39.8 Å². The number of hydrogen-bond acceptors (Lipinski definition) is 4. The van der Waals surface area contributed by atoms with Crippen molar-refractivity contribution in [1.82, 2.24) is 10.6 Å². The van der Waals surface area contributed by atoms with Crippen LogP contribution in [-0.2, 0) is 21.0 Å². The molecule has 8 heteroatoms. The van der Waals surface area contributed by atoms with Crippen LogP contribution < -0.4 is 10.6 Å². The Kier molecular flexibility index (Phi) is 12.9. The maximum Gasteiger partial charge on any atom is 0.190 e. The Balaban J connectivity index is 0.00000625. The van der Waals surface area contributed by atoms with Crippen LogP contribution in [0.4, 0.5) is 0 Å². The van der Waals surface area contributed by atoms with Gasteiger partial charge in [0.1, 0.15) is 0 Å². The van der Waals surface area contributed by atoms with Gasteiger partial charge in [-0.1, -0.05) is 26.0 Å². The number of aliphatic imine (C=N–C) groups is 1. The van der Waals surface area contributed by atoms with Crippen molar-refractivity contribution < 1.29 is 13.2 Å². The normalized spacial score (nSPS) is 12.0. The van der Waals surface area contributed by atoms with E-state index in [2.05, 4.69) is 29.5 Å². The first kappa shape index (κ1) is 25.1. The molecule has 1 rings (SSSR count). The number of nitrogens with zero attached hydrogens (tertiary/aromatic N) is 1. The third-order valence-electron chi connectivity index (χ3n) is 3.49. The summed E-state index contributed by atoms with van der Waals surface area (Å²) in [6, 6.07) is 6.99. The van der Waals surface area contributed by atoms with E-state index in [0.29, 0.717) is 10.8 Å². The summed E-state index contributed by atoms with van der Waals surface area (Å²) in [5.41, 5.74) is 1.08. The van der Waals surface area contributed by atoms with Crippen molar-refractivity contribution in [3.05, 3.63) is 29.8 Å². The quantitative estimate of drug-likeness (QED) is 0.225. The van der Waals surface area contributed by atoms with E-state index in [-0.39, 0.29) is 24.0 Å². The Morgan fingerprint density at radius 1 is 1.15 bits per heavy atom. The molecule has 0 fully saturated rings. The lowest BCUT2D eigenvalue weighted by atomic mass is 10.1. The van der Waals surface area contributed by atoms with E-state index in [1.165, 1.54) is 6.26 Å². The molecule has 6 nitrogen and oxygen atoms in total. The molecule has 0 bridgehead atoms. The Labute approximate surface area is 175 Å². The number of sulfone groups is 1. The highest BCUT2D eigenvalue weighted by Gasteiger charge is 2.06. The van der Waals surface area contributed by atoms with E-state index in [1.54, 1.807) is 19.2 Å². The van der Waals surface area contributed by atoms with Gasteiger partial charge in [0.25, 0.3) is 0 Å². The second-order valence-corrected chi connectivity index (χ2v) is 8.43. The third kappa shape index (κ3) is 11.0. The second kappa shape index (κ2) is 13.3. The van der Waals surface area contributed by atoms with Crippen LogP contribution in [-0.4, -0.2) is 54.0 Å². The van der Waals surface area contributed by atoms with Gasteiger partial charge in [-0.3, -0.25) is 4.99 Å². The fourth-order valence-electron chi connectivity index (χ4n) is 2.15. The molecule has 0 amide bonds. The average Bonchev–Trinajstić information content (AvgIpc) is 2.55. The van der Waals surface area contributed by atoms with Crippen LogP contribution in [0.3, 0.4) is 0 Å². The van der Waals surface area contributed by atoms with Crippen molar-refractivity contribution in [3.63, 3.8) is 0 Å². The Morgan fingerprint density at radius 3 is 2.31 bits per heavy atom. The third-order valence-corrected chi connectivity index (χ3v) is 4.62. The van der Waals surface area contributed by atoms with Gasteiger partial charge in [-0.25, -0.2) is 8.42 Å². The topological polar surface area (TPSA) is 79.8 Å². The van der Waals surface area contributed by atoms with E-state index in [1.807, 2.05) is 12.1 Å². The minimum absolute atomic E-state index is 0. The molecule has 150 valence electrons. The van der Waals surface area contributed by atoms with Crippen LogP contribution in [0, 0.1) is 5.92 Å². The lowest BCUT2D eigenvalue weighted by Crippen LogP contribution is -2.39. The summed E-state index contributed by atoms with van der Waals surface area (Å²) in [7, 11) is -1.39. The molecular weight excluding hydrogens is 465 g/mol. The van der Waals surface area contributed by atoms with Crippen molar-refractivity contribution in [2.24, 2.45) is 10.9 Å². The molecule has 0 unspecified atom stereocenters. The first-order valence-corrected chi connectivity index (χ1v) is 10.5. The minimum Gasteiger partial charge on any atom is -0.381 e. The van der Waals surface area contributed by atoms with Gasteiger partial charge in [-0.2, -0.15) is 0 Å². The Bertz CT molecular complexity index is 632. The molecule has 26 heavy (non-hydrogen) atoms. The second-order valence-electron chi connectivity index (χ2n) is 6.41. The van der Waals surface area contributed by atoms with E-state index >= 15 is 0 Å². The Morgan fingerprint density at radius 2 is 1.77 bits per heavy atom. The zero-order chi connectivity index (χ0) is 18.7. The molecule has 0 aliphatic rings. The van der Waals surface area contributed by atoms with Gasteiger partial charge in [-0.05, 0) is 36.5 Å². The molecule has 0 aliphatic heterocycles. The zero-order valence-electron chi connectivity index (χ0n) is 16.1. The maximum atomic E-state index is 11.4.